The van der Waals surface area contributed by atoms with Gasteiger partial charge in [-0.2, -0.15) is 0 Å². The van der Waals surface area contributed by atoms with Crippen molar-refractivity contribution < 1.29 is 18.7 Å². The molecule has 1 fully saturated rings. The molecule has 1 saturated heterocycles. The minimum atomic E-state index is -0.466. The van der Waals surface area contributed by atoms with Crippen molar-refractivity contribution in [3.8, 4) is 11.5 Å². The molecule has 0 unspecified atom stereocenters. The molecule has 0 aliphatic carbocycles. The van der Waals surface area contributed by atoms with E-state index in [0.29, 0.717) is 17.1 Å². The predicted molar refractivity (Wildman–Crippen MR) is 79.3 cm³/mol. The Hall–Kier alpha value is -2.50. The fourth-order valence-corrected chi connectivity index (χ4v) is 2.76. The number of esters is 1. The third-order valence-corrected chi connectivity index (χ3v) is 3.90. The van der Waals surface area contributed by atoms with Gasteiger partial charge >= 0.3 is 5.97 Å². The molecule has 2 aromatic heterocycles. The van der Waals surface area contributed by atoms with Crippen LogP contribution >= 0.6 is 0 Å². The lowest BCUT2D eigenvalue weighted by molar-refractivity contribution is -0.130. The number of hydrogen-bond acceptors (Lipinski definition) is 4. The van der Waals surface area contributed by atoms with Crippen LogP contribution in [-0.2, 0) is 16.1 Å². The highest BCUT2D eigenvalue weighted by Crippen LogP contribution is 2.24. The molecule has 1 amide bonds. The van der Waals surface area contributed by atoms with Crippen molar-refractivity contribution in [1.82, 2.24) is 9.47 Å². The van der Waals surface area contributed by atoms with Gasteiger partial charge < -0.3 is 18.6 Å². The lowest BCUT2D eigenvalue weighted by atomic mass is 10.3. The average molecular weight is 302 g/mol. The number of carbonyl (C=O) groups is 2. The lowest BCUT2D eigenvalue weighted by Crippen LogP contribution is -2.32. The second-order valence-corrected chi connectivity index (χ2v) is 5.25. The molecular weight excluding hydrogens is 284 g/mol. The van der Waals surface area contributed by atoms with E-state index in [4.69, 9.17) is 9.15 Å². The Labute approximate surface area is 128 Å². The molecule has 0 aromatic carbocycles. The smallest absolute Gasteiger partial charge is 0.354 e. The van der Waals surface area contributed by atoms with Gasteiger partial charge in [0.25, 0.3) is 0 Å². The third-order valence-electron chi connectivity index (χ3n) is 3.90. The minimum absolute atomic E-state index is 0.00617. The van der Waals surface area contributed by atoms with Crippen LogP contribution in [0.15, 0.2) is 34.9 Å². The molecule has 2 aromatic rings. The predicted octanol–water partition coefficient (Wildman–Crippen LogP) is 2.16. The molecule has 1 aliphatic rings. The van der Waals surface area contributed by atoms with Crippen LogP contribution in [0.25, 0.3) is 11.5 Å². The number of rotatable bonds is 4. The second kappa shape index (κ2) is 6.09. The molecule has 0 radical (unpaired) electrons. The van der Waals surface area contributed by atoms with Crippen LogP contribution in [0.5, 0.6) is 0 Å². The summed E-state index contributed by atoms with van der Waals surface area (Å²) in [5.74, 6) is 0.156. The Morgan fingerprint density at radius 3 is 2.64 bits per heavy atom. The summed E-state index contributed by atoms with van der Waals surface area (Å²) in [7, 11) is 1.33. The highest BCUT2D eigenvalue weighted by atomic mass is 16.5. The monoisotopic (exact) mass is 302 g/mol. The van der Waals surface area contributed by atoms with E-state index in [-0.39, 0.29) is 12.5 Å². The normalized spacial score (nSPS) is 14.3. The number of ether oxygens (including phenoxy) is 1. The maximum absolute atomic E-state index is 12.4. The zero-order valence-corrected chi connectivity index (χ0v) is 12.4. The van der Waals surface area contributed by atoms with Crippen LogP contribution in [0.2, 0.25) is 0 Å². The van der Waals surface area contributed by atoms with Gasteiger partial charge in [-0.3, -0.25) is 4.79 Å². The van der Waals surface area contributed by atoms with E-state index >= 15 is 0 Å². The Morgan fingerprint density at radius 2 is 2.00 bits per heavy atom. The zero-order valence-electron chi connectivity index (χ0n) is 12.4. The van der Waals surface area contributed by atoms with Crippen LogP contribution in [0.1, 0.15) is 23.3 Å². The Morgan fingerprint density at radius 1 is 1.23 bits per heavy atom. The molecule has 6 nitrogen and oxygen atoms in total. The van der Waals surface area contributed by atoms with E-state index in [2.05, 4.69) is 0 Å². The molecule has 3 rings (SSSR count). The highest BCUT2D eigenvalue weighted by molar-refractivity contribution is 5.90. The van der Waals surface area contributed by atoms with Gasteiger partial charge in [0.15, 0.2) is 0 Å². The first kappa shape index (κ1) is 14.4. The van der Waals surface area contributed by atoms with Crippen molar-refractivity contribution in [3.63, 3.8) is 0 Å². The summed E-state index contributed by atoms with van der Waals surface area (Å²) in [6, 6.07) is 6.99. The standard InChI is InChI=1S/C16H18N2O4/c1-21-16(20)13-7-6-12(14-5-4-10-22-14)18(13)11-15(19)17-8-2-3-9-17/h4-7,10H,2-3,8-9,11H2,1H3. The van der Waals surface area contributed by atoms with Gasteiger partial charge in [-0.1, -0.05) is 0 Å². The summed E-state index contributed by atoms with van der Waals surface area (Å²) in [4.78, 5) is 26.2. The number of amides is 1. The van der Waals surface area contributed by atoms with Gasteiger partial charge in [0.1, 0.15) is 18.0 Å². The average Bonchev–Trinajstić information content (AvgIpc) is 3.26. The van der Waals surface area contributed by atoms with Crippen molar-refractivity contribution in [1.29, 1.82) is 0 Å². The molecule has 0 spiro atoms. The first-order valence-electron chi connectivity index (χ1n) is 7.30. The second-order valence-electron chi connectivity index (χ2n) is 5.25. The summed E-state index contributed by atoms with van der Waals surface area (Å²) in [5.41, 5.74) is 1.04. The van der Waals surface area contributed by atoms with Crippen LogP contribution in [-0.4, -0.2) is 41.5 Å². The number of likely N-dealkylation sites (tertiary alicyclic amines) is 1. The van der Waals surface area contributed by atoms with Gasteiger partial charge in [0.2, 0.25) is 5.91 Å². The van der Waals surface area contributed by atoms with E-state index in [9.17, 15) is 9.59 Å². The summed E-state index contributed by atoms with van der Waals surface area (Å²) < 4.78 is 11.9. The summed E-state index contributed by atoms with van der Waals surface area (Å²) in [6.45, 7) is 1.67. The Kier molecular flexibility index (Phi) is 4.00. The first-order valence-corrected chi connectivity index (χ1v) is 7.30. The van der Waals surface area contributed by atoms with Crippen molar-refractivity contribution in [2.24, 2.45) is 0 Å². The number of nitrogens with zero attached hydrogens (tertiary/aromatic N) is 2. The van der Waals surface area contributed by atoms with Gasteiger partial charge in [-0.05, 0) is 37.1 Å². The number of carbonyl (C=O) groups excluding carboxylic acids is 2. The number of hydrogen-bond donors (Lipinski definition) is 0. The van der Waals surface area contributed by atoms with E-state index in [1.165, 1.54) is 7.11 Å². The van der Waals surface area contributed by atoms with Gasteiger partial charge in [0.05, 0.1) is 19.1 Å². The minimum Gasteiger partial charge on any atom is -0.464 e. The quantitative estimate of drug-likeness (QED) is 0.812. The maximum atomic E-state index is 12.4. The van der Waals surface area contributed by atoms with Crippen molar-refractivity contribution >= 4 is 11.9 Å². The molecule has 6 heteroatoms. The fraction of sp³-hybridized carbons (Fsp3) is 0.375. The highest BCUT2D eigenvalue weighted by Gasteiger charge is 2.23. The van der Waals surface area contributed by atoms with Crippen LogP contribution in [0.3, 0.4) is 0 Å². The van der Waals surface area contributed by atoms with Crippen LogP contribution < -0.4 is 0 Å². The van der Waals surface area contributed by atoms with E-state index in [1.807, 2.05) is 4.90 Å². The first-order chi connectivity index (χ1) is 10.7. The summed E-state index contributed by atoms with van der Waals surface area (Å²) in [6.07, 6.45) is 3.63. The van der Waals surface area contributed by atoms with Crippen molar-refractivity contribution in [3.05, 3.63) is 36.2 Å². The fourth-order valence-electron chi connectivity index (χ4n) is 2.76. The van der Waals surface area contributed by atoms with Crippen molar-refractivity contribution in [2.75, 3.05) is 20.2 Å². The van der Waals surface area contributed by atoms with Crippen LogP contribution in [0.4, 0.5) is 0 Å². The Balaban J connectivity index is 1.93. The van der Waals surface area contributed by atoms with E-state index < -0.39 is 5.97 Å². The van der Waals surface area contributed by atoms with E-state index in [0.717, 1.165) is 25.9 Å². The van der Waals surface area contributed by atoms with E-state index in [1.54, 1.807) is 35.1 Å². The topological polar surface area (TPSA) is 64.7 Å². The zero-order chi connectivity index (χ0) is 15.5. The lowest BCUT2D eigenvalue weighted by Gasteiger charge is -2.18. The number of furan rings is 1. The molecular formula is C16H18N2O4. The third kappa shape index (κ3) is 2.64. The molecule has 0 bridgehead atoms. The summed E-state index contributed by atoms with van der Waals surface area (Å²) in [5, 5.41) is 0. The molecule has 0 saturated carbocycles. The summed E-state index contributed by atoms with van der Waals surface area (Å²) >= 11 is 0. The van der Waals surface area contributed by atoms with Crippen molar-refractivity contribution in [2.45, 2.75) is 19.4 Å². The molecule has 0 atom stereocenters. The maximum Gasteiger partial charge on any atom is 0.354 e. The van der Waals surface area contributed by atoms with Gasteiger partial charge in [-0.15, -0.1) is 0 Å². The van der Waals surface area contributed by atoms with Crippen LogP contribution in [0, 0.1) is 0 Å². The Bertz CT molecular complexity index is 666. The van der Waals surface area contributed by atoms with Gasteiger partial charge in [-0.25, -0.2) is 4.79 Å². The van der Waals surface area contributed by atoms with Gasteiger partial charge in [0, 0.05) is 13.1 Å². The number of methoxy groups -OCH3 is 1. The molecule has 3 heterocycles. The molecule has 0 N–H and O–H groups in total. The molecule has 1 aliphatic heterocycles. The SMILES string of the molecule is COC(=O)c1ccc(-c2ccco2)n1CC(=O)N1CCCC1. The molecule has 116 valence electrons. The molecule has 22 heavy (non-hydrogen) atoms. The number of aromatic nitrogens is 1. The largest absolute Gasteiger partial charge is 0.464 e.